The standard InChI is InChI=1S/C21H17N9O2/c1-28-17-9-25-30(11-13-5-6-22-26-13)20(31)18(17)15-8-24-29(21(32)19(15)28)10-12-3-2-4-16-14(12)7-23-27-16/h2-9H,10-11H2,1H3,(H,22,26)(H,23,27). The Morgan fingerprint density at radius 2 is 1.72 bits per heavy atom. The molecule has 0 fully saturated rings. The number of benzene rings is 1. The lowest BCUT2D eigenvalue weighted by molar-refractivity contribution is 0.633. The molecular weight excluding hydrogens is 410 g/mol. The highest BCUT2D eigenvalue weighted by Crippen LogP contribution is 2.22. The molecule has 0 bridgehead atoms. The van der Waals surface area contributed by atoms with Crippen LogP contribution in [0.4, 0.5) is 0 Å². The molecular formula is C21H17N9O2. The van der Waals surface area contributed by atoms with Crippen molar-refractivity contribution in [2.45, 2.75) is 13.1 Å². The maximum absolute atomic E-state index is 13.4. The molecule has 1 aromatic carbocycles. The Labute approximate surface area is 178 Å². The van der Waals surface area contributed by atoms with E-state index >= 15 is 0 Å². The first-order valence-corrected chi connectivity index (χ1v) is 9.95. The van der Waals surface area contributed by atoms with Gasteiger partial charge in [0.2, 0.25) is 0 Å². The summed E-state index contributed by atoms with van der Waals surface area (Å²) in [4.78, 5) is 26.6. The van der Waals surface area contributed by atoms with E-state index in [2.05, 4.69) is 30.6 Å². The Kier molecular flexibility index (Phi) is 3.84. The number of aromatic amines is 2. The SMILES string of the molecule is Cn1c2cnn(Cc3ccn[nH]3)c(=O)c2c2cnn(Cc3cccc4[nH]ncc34)c(=O)c21. The summed E-state index contributed by atoms with van der Waals surface area (Å²) >= 11 is 0. The molecule has 11 nitrogen and oxygen atoms in total. The number of fused-ring (bicyclic) bond motifs is 4. The Morgan fingerprint density at radius 3 is 2.56 bits per heavy atom. The largest absolute Gasteiger partial charge is 0.338 e. The van der Waals surface area contributed by atoms with Crippen LogP contribution in [-0.4, -0.2) is 44.5 Å². The quantitative estimate of drug-likeness (QED) is 0.434. The molecule has 0 aliphatic heterocycles. The highest BCUT2D eigenvalue weighted by Gasteiger charge is 2.19. The van der Waals surface area contributed by atoms with Crippen LogP contribution in [0, 0.1) is 0 Å². The van der Waals surface area contributed by atoms with Gasteiger partial charge in [-0.25, -0.2) is 9.36 Å². The molecule has 0 aliphatic carbocycles. The molecule has 0 saturated carbocycles. The third-order valence-electron chi connectivity index (χ3n) is 5.78. The highest BCUT2D eigenvalue weighted by molar-refractivity contribution is 6.06. The van der Waals surface area contributed by atoms with Crippen LogP contribution in [0.25, 0.3) is 32.7 Å². The Balaban J connectivity index is 1.52. The zero-order valence-electron chi connectivity index (χ0n) is 17.0. The fourth-order valence-electron chi connectivity index (χ4n) is 4.18. The fraction of sp³-hybridized carbons (Fsp3) is 0.143. The first-order chi connectivity index (χ1) is 15.6. The molecule has 11 heteroatoms. The van der Waals surface area contributed by atoms with Crippen molar-refractivity contribution in [1.29, 1.82) is 0 Å². The van der Waals surface area contributed by atoms with Crippen LogP contribution in [0.1, 0.15) is 11.3 Å². The maximum Gasteiger partial charge on any atom is 0.291 e. The van der Waals surface area contributed by atoms with Crippen LogP contribution in [0.5, 0.6) is 0 Å². The van der Waals surface area contributed by atoms with Gasteiger partial charge in [-0.05, 0) is 17.7 Å². The van der Waals surface area contributed by atoms with E-state index in [0.29, 0.717) is 21.8 Å². The van der Waals surface area contributed by atoms with Crippen molar-refractivity contribution < 1.29 is 0 Å². The lowest BCUT2D eigenvalue weighted by Gasteiger charge is -2.06. The third kappa shape index (κ3) is 2.61. The molecule has 6 rings (SSSR count). The number of nitrogens with zero attached hydrogens (tertiary/aromatic N) is 7. The second kappa shape index (κ2) is 6.74. The summed E-state index contributed by atoms with van der Waals surface area (Å²) in [6.07, 6.45) is 6.53. The van der Waals surface area contributed by atoms with Gasteiger partial charge in [-0.1, -0.05) is 12.1 Å². The van der Waals surface area contributed by atoms with Gasteiger partial charge in [0.25, 0.3) is 11.1 Å². The average molecular weight is 427 g/mol. The summed E-state index contributed by atoms with van der Waals surface area (Å²) in [6, 6.07) is 7.55. The van der Waals surface area contributed by atoms with Crippen LogP contribution in [0.2, 0.25) is 0 Å². The first kappa shape index (κ1) is 18.2. The van der Waals surface area contributed by atoms with E-state index in [0.717, 1.165) is 22.2 Å². The van der Waals surface area contributed by atoms with Gasteiger partial charge in [0.15, 0.2) is 0 Å². The highest BCUT2D eigenvalue weighted by atomic mass is 16.1. The van der Waals surface area contributed by atoms with E-state index in [-0.39, 0.29) is 24.2 Å². The van der Waals surface area contributed by atoms with E-state index in [4.69, 9.17) is 0 Å². The molecule has 0 spiro atoms. The molecule has 0 saturated heterocycles. The van der Waals surface area contributed by atoms with Crippen LogP contribution in [-0.2, 0) is 20.1 Å². The summed E-state index contributed by atoms with van der Waals surface area (Å²) in [7, 11) is 1.76. The third-order valence-corrected chi connectivity index (χ3v) is 5.78. The molecule has 0 amide bonds. The topological polar surface area (TPSA) is 132 Å². The zero-order valence-corrected chi connectivity index (χ0v) is 17.0. The van der Waals surface area contributed by atoms with Crippen LogP contribution in [0.15, 0.2) is 58.6 Å². The fourth-order valence-corrected chi connectivity index (χ4v) is 4.18. The first-order valence-electron chi connectivity index (χ1n) is 9.95. The van der Waals surface area contributed by atoms with Crippen LogP contribution in [0.3, 0.4) is 0 Å². The second-order valence-electron chi connectivity index (χ2n) is 7.63. The summed E-state index contributed by atoms with van der Waals surface area (Å²) in [5, 5.41) is 24.3. The zero-order chi connectivity index (χ0) is 21.8. The van der Waals surface area contributed by atoms with Crippen molar-refractivity contribution in [2.24, 2.45) is 7.05 Å². The van der Waals surface area contributed by atoms with E-state index in [1.54, 1.807) is 42.5 Å². The van der Waals surface area contributed by atoms with Crippen molar-refractivity contribution >= 4 is 32.7 Å². The number of hydrogen-bond donors (Lipinski definition) is 2. The Hall–Kier alpha value is -4.54. The number of rotatable bonds is 4. The van der Waals surface area contributed by atoms with Crippen molar-refractivity contribution in [3.63, 3.8) is 0 Å². The minimum absolute atomic E-state index is 0.254. The molecule has 5 heterocycles. The smallest absolute Gasteiger partial charge is 0.291 e. The van der Waals surface area contributed by atoms with Crippen molar-refractivity contribution in [1.82, 2.24) is 44.5 Å². The lowest BCUT2D eigenvalue weighted by Crippen LogP contribution is -2.24. The van der Waals surface area contributed by atoms with E-state index in [1.165, 1.54) is 9.36 Å². The minimum atomic E-state index is -0.287. The molecule has 2 N–H and O–H groups in total. The second-order valence-corrected chi connectivity index (χ2v) is 7.63. The number of hydrogen-bond acceptors (Lipinski definition) is 6. The number of nitrogens with one attached hydrogen (secondary N) is 2. The van der Waals surface area contributed by atoms with Gasteiger partial charge in [-0.3, -0.25) is 19.8 Å². The predicted molar refractivity (Wildman–Crippen MR) is 117 cm³/mol. The van der Waals surface area contributed by atoms with Crippen molar-refractivity contribution in [3.8, 4) is 0 Å². The molecule has 0 atom stereocenters. The molecule has 32 heavy (non-hydrogen) atoms. The van der Waals surface area contributed by atoms with E-state index in [9.17, 15) is 9.59 Å². The van der Waals surface area contributed by atoms with Gasteiger partial charge in [0.05, 0.1) is 53.8 Å². The molecule has 0 radical (unpaired) electrons. The maximum atomic E-state index is 13.4. The van der Waals surface area contributed by atoms with Crippen LogP contribution >= 0.6 is 0 Å². The minimum Gasteiger partial charge on any atom is -0.338 e. The summed E-state index contributed by atoms with van der Waals surface area (Å²) in [5.41, 5.74) is 3.00. The van der Waals surface area contributed by atoms with Gasteiger partial charge >= 0.3 is 0 Å². The summed E-state index contributed by atoms with van der Waals surface area (Å²) < 4.78 is 4.46. The number of H-pyrrole nitrogens is 2. The monoisotopic (exact) mass is 427 g/mol. The lowest BCUT2D eigenvalue weighted by atomic mass is 10.1. The van der Waals surface area contributed by atoms with E-state index < -0.39 is 0 Å². The molecule has 6 aromatic rings. The normalized spacial score (nSPS) is 11.8. The summed E-state index contributed by atoms with van der Waals surface area (Å²) in [6.45, 7) is 0.542. The van der Waals surface area contributed by atoms with Crippen molar-refractivity contribution in [3.05, 3.63) is 81.0 Å². The average Bonchev–Trinajstić information content (AvgIpc) is 3.53. The number of aromatic nitrogens is 9. The number of aryl methyl sites for hydroxylation is 1. The predicted octanol–water partition coefficient (Wildman–Crippen LogP) is 1.14. The Morgan fingerprint density at radius 1 is 0.875 bits per heavy atom. The van der Waals surface area contributed by atoms with Gasteiger partial charge in [0.1, 0.15) is 5.52 Å². The van der Waals surface area contributed by atoms with Gasteiger partial charge in [0, 0.05) is 24.0 Å². The summed E-state index contributed by atoms with van der Waals surface area (Å²) in [5.74, 6) is 0. The van der Waals surface area contributed by atoms with E-state index in [1.807, 2.05) is 18.2 Å². The van der Waals surface area contributed by atoms with Gasteiger partial charge in [-0.2, -0.15) is 20.4 Å². The molecule has 5 aromatic heterocycles. The van der Waals surface area contributed by atoms with Gasteiger partial charge < -0.3 is 4.57 Å². The van der Waals surface area contributed by atoms with Gasteiger partial charge in [-0.15, -0.1) is 0 Å². The van der Waals surface area contributed by atoms with Crippen LogP contribution < -0.4 is 11.1 Å². The molecule has 158 valence electrons. The Bertz CT molecular complexity index is 1740. The molecule has 0 aliphatic rings. The van der Waals surface area contributed by atoms with Crippen molar-refractivity contribution in [2.75, 3.05) is 0 Å². The molecule has 0 unspecified atom stereocenters.